The van der Waals surface area contributed by atoms with E-state index in [-0.39, 0.29) is 48.4 Å². The first-order valence-electron chi connectivity index (χ1n) is 9.89. The zero-order valence-corrected chi connectivity index (χ0v) is 17.2. The smallest absolute Gasteiger partial charge is 0.236 e. The van der Waals surface area contributed by atoms with Gasteiger partial charge in [0.1, 0.15) is 0 Å². The van der Waals surface area contributed by atoms with E-state index >= 15 is 0 Å². The van der Waals surface area contributed by atoms with Crippen molar-refractivity contribution < 1.29 is 18.0 Å². The van der Waals surface area contributed by atoms with Crippen molar-refractivity contribution in [2.24, 2.45) is 5.92 Å². The Morgan fingerprint density at radius 1 is 1.17 bits per heavy atom. The minimum atomic E-state index is -3.04. The SMILES string of the molecule is C#CCN(CC(=O)N1CCC(C(=O)Nc2ccccc2)CC1)C1CCS(=O)(=O)C1. The first kappa shape index (κ1) is 21.3. The van der Waals surface area contributed by atoms with E-state index < -0.39 is 9.84 Å². The molecule has 1 atom stereocenters. The highest BCUT2D eigenvalue weighted by Crippen LogP contribution is 2.21. The molecule has 2 fully saturated rings. The molecule has 1 N–H and O–H groups in total. The van der Waals surface area contributed by atoms with Crippen LogP contribution in [0.2, 0.25) is 0 Å². The van der Waals surface area contributed by atoms with Gasteiger partial charge in [-0.2, -0.15) is 0 Å². The Balaban J connectivity index is 1.50. The van der Waals surface area contributed by atoms with Gasteiger partial charge in [0.15, 0.2) is 9.84 Å². The number of sulfone groups is 1. The second-order valence-corrected chi connectivity index (χ2v) is 9.91. The second kappa shape index (κ2) is 9.42. The van der Waals surface area contributed by atoms with E-state index in [1.54, 1.807) is 9.80 Å². The lowest BCUT2D eigenvalue weighted by molar-refractivity contribution is -0.135. The van der Waals surface area contributed by atoms with Gasteiger partial charge in [0.05, 0.1) is 24.6 Å². The molecule has 0 spiro atoms. The van der Waals surface area contributed by atoms with E-state index in [1.807, 2.05) is 30.3 Å². The van der Waals surface area contributed by atoms with Crippen LogP contribution in [0.4, 0.5) is 5.69 Å². The standard InChI is InChI=1S/C21H27N3O4S/c1-2-11-24(19-10-14-29(27,28)16-19)15-20(25)23-12-8-17(9-13-23)21(26)22-18-6-4-3-5-7-18/h1,3-7,17,19H,8-16H2,(H,22,26). The summed E-state index contributed by atoms with van der Waals surface area (Å²) in [4.78, 5) is 28.7. The summed E-state index contributed by atoms with van der Waals surface area (Å²) in [5, 5.41) is 2.92. The van der Waals surface area contributed by atoms with Crippen LogP contribution in [-0.4, -0.2) is 73.8 Å². The second-order valence-electron chi connectivity index (χ2n) is 7.68. The number of likely N-dealkylation sites (tertiary alicyclic amines) is 1. The number of nitrogens with one attached hydrogen (secondary N) is 1. The molecule has 0 saturated carbocycles. The number of para-hydroxylation sites is 1. The van der Waals surface area contributed by atoms with Crippen molar-refractivity contribution in [3.05, 3.63) is 30.3 Å². The van der Waals surface area contributed by atoms with Crippen LogP contribution in [0.15, 0.2) is 30.3 Å². The molecule has 29 heavy (non-hydrogen) atoms. The van der Waals surface area contributed by atoms with E-state index in [9.17, 15) is 18.0 Å². The molecule has 7 nitrogen and oxygen atoms in total. The highest BCUT2D eigenvalue weighted by atomic mass is 32.2. The lowest BCUT2D eigenvalue weighted by Crippen LogP contribution is -2.48. The monoisotopic (exact) mass is 417 g/mol. The lowest BCUT2D eigenvalue weighted by atomic mass is 9.95. The summed E-state index contributed by atoms with van der Waals surface area (Å²) < 4.78 is 23.5. The highest BCUT2D eigenvalue weighted by molar-refractivity contribution is 7.91. The fourth-order valence-corrected chi connectivity index (χ4v) is 5.69. The van der Waals surface area contributed by atoms with Gasteiger partial charge in [-0.3, -0.25) is 14.5 Å². The molecule has 2 saturated heterocycles. The van der Waals surface area contributed by atoms with Crippen LogP contribution in [0.3, 0.4) is 0 Å². The number of nitrogens with zero attached hydrogens (tertiary/aromatic N) is 2. The van der Waals surface area contributed by atoms with Crippen LogP contribution < -0.4 is 5.32 Å². The third kappa shape index (κ3) is 5.81. The van der Waals surface area contributed by atoms with Crippen LogP contribution in [0.25, 0.3) is 0 Å². The van der Waals surface area contributed by atoms with Crippen LogP contribution in [-0.2, 0) is 19.4 Å². The molecule has 2 aliphatic heterocycles. The average molecular weight is 418 g/mol. The van der Waals surface area contributed by atoms with Gasteiger partial charge in [-0.15, -0.1) is 6.42 Å². The summed E-state index contributed by atoms with van der Waals surface area (Å²) in [6.45, 7) is 1.39. The van der Waals surface area contributed by atoms with Crippen molar-refractivity contribution in [2.75, 3.05) is 43.0 Å². The van der Waals surface area contributed by atoms with Crippen LogP contribution >= 0.6 is 0 Å². The van der Waals surface area contributed by atoms with Crippen LogP contribution in [0.5, 0.6) is 0 Å². The number of hydrogen-bond acceptors (Lipinski definition) is 5. The van der Waals surface area contributed by atoms with Crippen molar-refractivity contribution in [1.82, 2.24) is 9.80 Å². The summed E-state index contributed by atoms with van der Waals surface area (Å²) in [6, 6.07) is 9.13. The number of terminal acetylenes is 1. The van der Waals surface area contributed by atoms with Gasteiger partial charge in [-0.25, -0.2) is 8.42 Å². The normalized spacial score (nSPS) is 21.7. The van der Waals surface area contributed by atoms with Crippen molar-refractivity contribution >= 4 is 27.3 Å². The van der Waals surface area contributed by atoms with Crippen molar-refractivity contribution in [3.8, 4) is 12.3 Å². The summed E-state index contributed by atoms with van der Waals surface area (Å²) >= 11 is 0. The van der Waals surface area contributed by atoms with Gasteiger partial charge < -0.3 is 10.2 Å². The van der Waals surface area contributed by atoms with E-state index in [4.69, 9.17) is 6.42 Å². The topological polar surface area (TPSA) is 86.8 Å². The molecule has 1 aromatic carbocycles. The molecule has 2 amide bonds. The molecule has 1 unspecified atom stereocenters. The fraction of sp³-hybridized carbons (Fsp3) is 0.524. The number of carbonyl (C=O) groups excluding carboxylic acids is 2. The van der Waals surface area contributed by atoms with Gasteiger partial charge in [0.2, 0.25) is 11.8 Å². The molecular weight excluding hydrogens is 390 g/mol. The average Bonchev–Trinajstić information content (AvgIpc) is 3.08. The largest absolute Gasteiger partial charge is 0.342 e. The molecule has 0 radical (unpaired) electrons. The fourth-order valence-electron chi connectivity index (χ4n) is 3.93. The Bertz CT molecular complexity index is 871. The maximum absolute atomic E-state index is 12.7. The number of carbonyl (C=O) groups is 2. The predicted octanol–water partition coefficient (Wildman–Crippen LogP) is 0.986. The minimum Gasteiger partial charge on any atom is -0.342 e. The molecule has 2 heterocycles. The summed E-state index contributed by atoms with van der Waals surface area (Å²) in [5.41, 5.74) is 0.771. The number of amides is 2. The van der Waals surface area contributed by atoms with Crippen molar-refractivity contribution in [3.63, 3.8) is 0 Å². The molecule has 8 heteroatoms. The summed E-state index contributed by atoms with van der Waals surface area (Å²) in [6.07, 6.45) is 7.15. The number of benzene rings is 1. The van der Waals surface area contributed by atoms with Gasteiger partial charge in [0.25, 0.3) is 0 Å². The quantitative estimate of drug-likeness (QED) is 0.698. The van der Waals surface area contributed by atoms with E-state index in [0.717, 1.165) is 5.69 Å². The van der Waals surface area contributed by atoms with Gasteiger partial charge in [-0.05, 0) is 31.4 Å². The lowest BCUT2D eigenvalue weighted by Gasteiger charge is -2.34. The maximum Gasteiger partial charge on any atom is 0.236 e. The molecule has 0 aliphatic carbocycles. The molecule has 1 aromatic rings. The molecule has 0 aromatic heterocycles. The number of piperidine rings is 1. The molecule has 3 rings (SSSR count). The number of anilines is 1. The first-order valence-corrected chi connectivity index (χ1v) is 11.7. The molecule has 156 valence electrons. The zero-order chi connectivity index (χ0) is 20.9. The summed E-state index contributed by atoms with van der Waals surface area (Å²) in [5.74, 6) is 2.53. The Kier molecular flexibility index (Phi) is 6.93. The molecule has 2 aliphatic rings. The number of hydrogen-bond donors (Lipinski definition) is 1. The minimum absolute atomic E-state index is 0.0200. The Labute approximate surface area is 172 Å². The van der Waals surface area contributed by atoms with Gasteiger partial charge in [0, 0.05) is 30.7 Å². The number of rotatable bonds is 6. The summed E-state index contributed by atoms with van der Waals surface area (Å²) in [7, 11) is -3.04. The third-order valence-electron chi connectivity index (χ3n) is 5.62. The Morgan fingerprint density at radius 2 is 1.86 bits per heavy atom. The van der Waals surface area contributed by atoms with Crippen molar-refractivity contribution in [1.29, 1.82) is 0 Å². The zero-order valence-electron chi connectivity index (χ0n) is 16.4. The van der Waals surface area contributed by atoms with Gasteiger partial charge >= 0.3 is 0 Å². The predicted molar refractivity (Wildman–Crippen MR) is 112 cm³/mol. The molecule has 0 bridgehead atoms. The van der Waals surface area contributed by atoms with E-state index in [2.05, 4.69) is 11.2 Å². The van der Waals surface area contributed by atoms with Crippen molar-refractivity contribution in [2.45, 2.75) is 25.3 Å². The maximum atomic E-state index is 12.7. The third-order valence-corrected chi connectivity index (χ3v) is 7.37. The van der Waals surface area contributed by atoms with E-state index in [1.165, 1.54) is 0 Å². The van der Waals surface area contributed by atoms with Crippen LogP contribution in [0.1, 0.15) is 19.3 Å². The Hall–Kier alpha value is -2.37. The van der Waals surface area contributed by atoms with Crippen LogP contribution in [0, 0.1) is 18.3 Å². The first-order chi connectivity index (χ1) is 13.9. The Morgan fingerprint density at radius 3 is 2.45 bits per heavy atom. The molecular formula is C21H27N3O4S. The van der Waals surface area contributed by atoms with E-state index in [0.29, 0.717) is 32.4 Å². The van der Waals surface area contributed by atoms with Gasteiger partial charge in [-0.1, -0.05) is 24.1 Å². The highest BCUT2D eigenvalue weighted by Gasteiger charge is 2.34.